The van der Waals surface area contributed by atoms with Gasteiger partial charge in [0.15, 0.2) is 0 Å². The van der Waals surface area contributed by atoms with Crippen molar-refractivity contribution < 1.29 is 22.7 Å². The fraction of sp³-hybridized carbons (Fsp3) is 0.375. The molecule has 4 rings (SSSR count). The number of halogens is 3. The van der Waals surface area contributed by atoms with Gasteiger partial charge in [-0.1, -0.05) is 12.1 Å². The Bertz CT molecular complexity index is 1150. The minimum absolute atomic E-state index is 0.129. The van der Waals surface area contributed by atoms with Crippen LogP contribution in [0.25, 0.3) is 5.69 Å². The molecule has 1 aliphatic rings. The molecule has 0 aliphatic carbocycles. The number of hydrogen-bond acceptors (Lipinski definition) is 5. The molecule has 1 aliphatic heterocycles. The molecular weight excluding hydrogens is 447 g/mol. The summed E-state index contributed by atoms with van der Waals surface area (Å²) in [5.41, 5.74) is 1.02. The molecule has 2 aromatic heterocycles. The number of carbonyl (C=O) groups excluding carboxylic acids is 1. The number of alkyl halides is 3. The standard InChI is InChI=1S/C24H26F3N5O2/c1-15-13-31(14-16(2)34-15)22-8-7-18(10-28-22)11-29-23(33)21-12-30-32(17(21)3)20-6-4-5-19(9-20)24(25,26)27/h4-10,12,15-16H,11,13-14H2,1-3H3,(H,29,33)/t15-,16-/m1/s1. The largest absolute Gasteiger partial charge is 0.416 e. The van der Waals surface area contributed by atoms with Crippen molar-refractivity contribution in [2.45, 2.75) is 45.7 Å². The maximum absolute atomic E-state index is 13.0. The Kier molecular flexibility index (Phi) is 6.60. The smallest absolute Gasteiger partial charge is 0.372 e. The second-order valence-corrected chi connectivity index (χ2v) is 8.47. The van der Waals surface area contributed by atoms with Crippen molar-refractivity contribution in [2.24, 2.45) is 0 Å². The number of amides is 1. The second-order valence-electron chi connectivity index (χ2n) is 8.47. The van der Waals surface area contributed by atoms with E-state index in [0.29, 0.717) is 11.3 Å². The lowest BCUT2D eigenvalue weighted by Gasteiger charge is -2.36. The average molecular weight is 473 g/mol. The van der Waals surface area contributed by atoms with E-state index >= 15 is 0 Å². The molecule has 0 saturated carbocycles. The fourth-order valence-electron chi connectivity index (χ4n) is 4.06. The van der Waals surface area contributed by atoms with Crippen molar-refractivity contribution in [1.29, 1.82) is 0 Å². The number of morpholine rings is 1. The SMILES string of the molecule is Cc1c(C(=O)NCc2ccc(N3C[C@@H](C)O[C@H](C)C3)nc2)cnn1-c1cccc(C(F)(F)F)c1. The molecule has 1 fully saturated rings. The van der Waals surface area contributed by atoms with Gasteiger partial charge in [-0.15, -0.1) is 0 Å². The lowest BCUT2D eigenvalue weighted by molar-refractivity contribution is -0.137. The number of rotatable bonds is 5. The summed E-state index contributed by atoms with van der Waals surface area (Å²) in [7, 11) is 0. The van der Waals surface area contributed by atoms with Crippen molar-refractivity contribution in [2.75, 3.05) is 18.0 Å². The number of carbonyl (C=O) groups is 1. The Hall–Kier alpha value is -3.40. The first-order valence-electron chi connectivity index (χ1n) is 11.0. The zero-order valence-electron chi connectivity index (χ0n) is 19.1. The number of nitrogens with zero attached hydrogens (tertiary/aromatic N) is 4. The molecule has 1 saturated heterocycles. The molecule has 34 heavy (non-hydrogen) atoms. The first kappa shape index (κ1) is 23.7. The summed E-state index contributed by atoms with van der Waals surface area (Å²) in [6.45, 7) is 7.50. The van der Waals surface area contributed by atoms with Crippen LogP contribution in [0.15, 0.2) is 48.8 Å². The van der Waals surface area contributed by atoms with E-state index in [9.17, 15) is 18.0 Å². The van der Waals surface area contributed by atoms with E-state index in [4.69, 9.17) is 4.74 Å². The molecular formula is C24H26F3N5O2. The van der Waals surface area contributed by atoms with Crippen molar-refractivity contribution in [3.05, 3.63) is 71.2 Å². The highest BCUT2D eigenvalue weighted by atomic mass is 19.4. The summed E-state index contributed by atoms with van der Waals surface area (Å²) < 4.78 is 46.2. The van der Waals surface area contributed by atoms with E-state index in [1.54, 1.807) is 13.1 Å². The second kappa shape index (κ2) is 9.46. The van der Waals surface area contributed by atoms with Crippen LogP contribution in [0.3, 0.4) is 0 Å². The van der Waals surface area contributed by atoms with E-state index in [0.717, 1.165) is 36.6 Å². The van der Waals surface area contributed by atoms with Crippen LogP contribution in [0.5, 0.6) is 0 Å². The van der Waals surface area contributed by atoms with Crippen LogP contribution in [-0.2, 0) is 17.5 Å². The molecule has 0 unspecified atom stereocenters. The summed E-state index contributed by atoms with van der Waals surface area (Å²) in [6, 6.07) is 8.66. The van der Waals surface area contributed by atoms with Crippen LogP contribution in [-0.4, -0.2) is 46.0 Å². The van der Waals surface area contributed by atoms with E-state index in [-0.39, 0.29) is 30.3 Å². The Morgan fingerprint density at radius 2 is 1.88 bits per heavy atom. The van der Waals surface area contributed by atoms with E-state index in [1.165, 1.54) is 23.0 Å². The number of benzene rings is 1. The molecule has 10 heteroatoms. The number of hydrogen-bond donors (Lipinski definition) is 1. The van der Waals surface area contributed by atoms with Gasteiger partial charge in [0.05, 0.1) is 40.9 Å². The Labute approximate surface area is 195 Å². The molecule has 7 nitrogen and oxygen atoms in total. The molecule has 3 aromatic rings. The van der Waals surface area contributed by atoms with Crippen molar-refractivity contribution in [3.63, 3.8) is 0 Å². The number of aromatic nitrogens is 3. The third-order valence-electron chi connectivity index (χ3n) is 5.68. The minimum Gasteiger partial charge on any atom is -0.372 e. The van der Waals surface area contributed by atoms with Gasteiger partial charge in [-0.3, -0.25) is 4.79 Å². The van der Waals surface area contributed by atoms with E-state index < -0.39 is 11.7 Å². The van der Waals surface area contributed by atoms with Crippen molar-refractivity contribution in [1.82, 2.24) is 20.1 Å². The molecule has 3 heterocycles. The molecule has 180 valence electrons. The van der Waals surface area contributed by atoms with Gasteiger partial charge < -0.3 is 15.0 Å². The maximum atomic E-state index is 13.0. The molecule has 1 aromatic carbocycles. The van der Waals surface area contributed by atoms with E-state index in [2.05, 4.69) is 20.3 Å². The molecule has 0 radical (unpaired) electrons. The first-order valence-corrected chi connectivity index (χ1v) is 11.0. The molecule has 1 N–H and O–H groups in total. The van der Waals surface area contributed by atoms with Gasteiger partial charge in [-0.05, 0) is 50.6 Å². The minimum atomic E-state index is -4.46. The van der Waals surface area contributed by atoms with Crippen molar-refractivity contribution in [3.8, 4) is 5.69 Å². The number of nitrogens with one attached hydrogen (secondary N) is 1. The zero-order chi connectivity index (χ0) is 24.5. The Morgan fingerprint density at radius 3 is 2.53 bits per heavy atom. The third-order valence-corrected chi connectivity index (χ3v) is 5.68. The van der Waals surface area contributed by atoms with Gasteiger partial charge in [-0.25, -0.2) is 9.67 Å². The predicted molar refractivity (Wildman–Crippen MR) is 121 cm³/mol. The molecule has 0 bridgehead atoms. The van der Waals surface area contributed by atoms with Gasteiger partial charge in [0.2, 0.25) is 0 Å². The lowest BCUT2D eigenvalue weighted by atomic mass is 10.2. The fourth-order valence-corrected chi connectivity index (χ4v) is 4.06. The van der Waals surface area contributed by atoms with Crippen LogP contribution < -0.4 is 10.2 Å². The molecule has 2 atom stereocenters. The monoisotopic (exact) mass is 473 g/mol. The normalized spacial score (nSPS) is 18.7. The maximum Gasteiger partial charge on any atom is 0.416 e. The molecule has 0 spiro atoms. The average Bonchev–Trinajstić information content (AvgIpc) is 3.18. The summed E-state index contributed by atoms with van der Waals surface area (Å²) >= 11 is 0. The van der Waals surface area contributed by atoms with E-state index in [1.807, 2.05) is 26.0 Å². The van der Waals surface area contributed by atoms with Crippen LogP contribution >= 0.6 is 0 Å². The van der Waals surface area contributed by atoms with Crippen LogP contribution in [0, 0.1) is 6.92 Å². The predicted octanol–water partition coefficient (Wildman–Crippen LogP) is 4.14. The summed E-state index contributed by atoms with van der Waals surface area (Å²) in [5.74, 6) is 0.492. The van der Waals surface area contributed by atoms with Gasteiger partial charge in [0, 0.05) is 25.8 Å². The number of ether oxygens (including phenoxy) is 1. The summed E-state index contributed by atoms with van der Waals surface area (Å²) in [6.07, 6.45) is -1.12. The topological polar surface area (TPSA) is 72.3 Å². The van der Waals surface area contributed by atoms with Gasteiger partial charge >= 0.3 is 6.18 Å². The number of pyridine rings is 1. The van der Waals surface area contributed by atoms with Crippen LogP contribution in [0.2, 0.25) is 0 Å². The van der Waals surface area contributed by atoms with Crippen LogP contribution in [0.1, 0.15) is 41.0 Å². The quantitative estimate of drug-likeness (QED) is 0.603. The highest BCUT2D eigenvalue weighted by Crippen LogP contribution is 2.30. The Morgan fingerprint density at radius 1 is 1.15 bits per heavy atom. The summed E-state index contributed by atoms with van der Waals surface area (Å²) in [4.78, 5) is 19.4. The Balaban J connectivity index is 1.41. The number of anilines is 1. The highest BCUT2D eigenvalue weighted by Gasteiger charge is 2.31. The first-order chi connectivity index (χ1) is 16.1. The van der Waals surface area contributed by atoms with Crippen LogP contribution in [0.4, 0.5) is 19.0 Å². The lowest BCUT2D eigenvalue weighted by Crippen LogP contribution is -2.45. The van der Waals surface area contributed by atoms with Gasteiger partial charge in [-0.2, -0.15) is 18.3 Å². The summed E-state index contributed by atoms with van der Waals surface area (Å²) in [5, 5.41) is 6.94. The molecule has 1 amide bonds. The van der Waals surface area contributed by atoms with Gasteiger partial charge in [0.1, 0.15) is 5.82 Å². The highest BCUT2D eigenvalue weighted by molar-refractivity contribution is 5.95. The third kappa shape index (κ3) is 5.22. The van der Waals surface area contributed by atoms with Crippen molar-refractivity contribution >= 4 is 11.7 Å². The zero-order valence-corrected chi connectivity index (χ0v) is 19.1. The van der Waals surface area contributed by atoms with Gasteiger partial charge in [0.25, 0.3) is 5.91 Å².